The van der Waals surface area contributed by atoms with Crippen LogP contribution in [0.1, 0.15) is 50.0 Å². The van der Waals surface area contributed by atoms with E-state index in [1.165, 1.54) is 44.1 Å². The van der Waals surface area contributed by atoms with Crippen molar-refractivity contribution in [2.45, 2.75) is 50.7 Å². The average molecular weight is 268 g/mol. The number of aliphatic hydroxyl groups excluding tert-OH is 1. The number of rotatable bonds is 4. The molecule has 0 amide bonds. The van der Waals surface area contributed by atoms with Crippen LogP contribution in [-0.2, 0) is 0 Å². The Morgan fingerprint density at radius 1 is 1.17 bits per heavy atom. The molecule has 3 heteroatoms. The quantitative estimate of drug-likeness (QED) is 0.489. The average Bonchev–Trinajstić information content (AvgIpc) is 2.68. The van der Waals surface area contributed by atoms with Crippen molar-refractivity contribution in [2.75, 3.05) is 11.2 Å². The number of hydrogen-bond acceptors (Lipinski definition) is 2. The first-order chi connectivity index (χ1) is 8.81. The summed E-state index contributed by atoms with van der Waals surface area (Å²) in [5, 5.41) is 12.7. The van der Waals surface area contributed by atoms with Crippen molar-refractivity contribution in [3.63, 3.8) is 0 Å². The van der Waals surface area contributed by atoms with Gasteiger partial charge >= 0.3 is 0 Å². The van der Waals surface area contributed by atoms with E-state index < -0.39 is 6.23 Å². The molecule has 0 bridgehead atoms. The molecule has 1 aliphatic rings. The largest absolute Gasteiger partial charge is 0.373 e. The fraction of sp³-hybridized carbons (Fsp3) is 0.600. The molecule has 2 N–H and O–H groups in total. The van der Waals surface area contributed by atoms with Crippen LogP contribution in [0.2, 0.25) is 0 Å². The summed E-state index contributed by atoms with van der Waals surface area (Å²) in [4.78, 5) is 0. The van der Waals surface area contributed by atoms with Gasteiger partial charge in [-0.3, -0.25) is 0 Å². The monoisotopic (exact) mass is 267 g/mol. The van der Waals surface area contributed by atoms with Gasteiger partial charge in [0.05, 0.1) is 5.88 Å². The zero-order valence-electron chi connectivity index (χ0n) is 10.7. The molecule has 0 radical (unpaired) electrons. The normalized spacial score (nSPS) is 19.2. The first-order valence-corrected chi connectivity index (χ1v) is 7.44. The summed E-state index contributed by atoms with van der Waals surface area (Å²) >= 11 is 5.65. The predicted molar refractivity (Wildman–Crippen MR) is 77.2 cm³/mol. The van der Waals surface area contributed by atoms with Gasteiger partial charge in [-0.1, -0.05) is 43.9 Å². The molecule has 0 aromatic heterocycles. The predicted octanol–water partition coefficient (Wildman–Crippen LogP) is 4.09. The standard InChI is InChI=1S/C15H22ClNO/c16-11-15(18)17-14-10-6-5-9-13(14)12-7-3-1-2-4-8-12/h5-6,9-10,12,15,17-18H,1-4,7-8,11H2. The van der Waals surface area contributed by atoms with Gasteiger partial charge < -0.3 is 10.4 Å². The molecule has 0 spiro atoms. The molecule has 0 aliphatic heterocycles. The lowest BCUT2D eigenvalue weighted by Crippen LogP contribution is -2.21. The minimum atomic E-state index is -0.668. The third kappa shape index (κ3) is 3.63. The van der Waals surface area contributed by atoms with Crippen LogP contribution in [0.25, 0.3) is 0 Å². The lowest BCUT2D eigenvalue weighted by molar-refractivity contribution is 0.227. The summed E-state index contributed by atoms with van der Waals surface area (Å²) in [5.74, 6) is 0.831. The van der Waals surface area contributed by atoms with Gasteiger partial charge in [-0.05, 0) is 30.4 Å². The molecule has 18 heavy (non-hydrogen) atoms. The molecular formula is C15H22ClNO. The summed E-state index contributed by atoms with van der Waals surface area (Å²) < 4.78 is 0. The van der Waals surface area contributed by atoms with Gasteiger partial charge in [0.2, 0.25) is 0 Å². The van der Waals surface area contributed by atoms with E-state index in [2.05, 4.69) is 17.4 Å². The second kappa shape index (κ2) is 7.01. The Morgan fingerprint density at radius 2 is 1.83 bits per heavy atom. The Labute approximate surface area is 114 Å². The molecule has 1 aromatic rings. The maximum Gasteiger partial charge on any atom is 0.138 e. The lowest BCUT2D eigenvalue weighted by Gasteiger charge is -2.21. The fourth-order valence-corrected chi connectivity index (χ4v) is 2.87. The number of para-hydroxylation sites is 1. The van der Waals surface area contributed by atoms with Gasteiger partial charge in [-0.25, -0.2) is 0 Å². The maximum atomic E-state index is 9.65. The second-order valence-electron chi connectivity index (χ2n) is 5.09. The van der Waals surface area contributed by atoms with Crippen molar-refractivity contribution in [2.24, 2.45) is 0 Å². The van der Waals surface area contributed by atoms with E-state index in [0.29, 0.717) is 5.92 Å². The Balaban J connectivity index is 2.14. The zero-order chi connectivity index (χ0) is 12.8. The van der Waals surface area contributed by atoms with Gasteiger partial charge in [-0.2, -0.15) is 0 Å². The van der Waals surface area contributed by atoms with Crippen LogP contribution >= 0.6 is 11.6 Å². The summed E-state index contributed by atoms with van der Waals surface area (Å²) in [5.41, 5.74) is 2.38. The van der Waals surface area contributed by atoms with Gasteiger partial charge in [0.1, 0.15) is 6.23 Å². The highest BCUT2D eigenvalue weighted by Gasteiger charge is 2.17. The smallest absolute Gasteiger partial charge is 0.138 e. The summed E-state index contributed by atoms with van der Waals surface area (Å²) in [6.07, 6.45) is 7.20. The van der Waals surface area contributed by atoms with Crippen molar-refractivity contribution in [1.82, 2.24) is 0 Å². The van der Waals surface area contributed by atoms with E-state index in [9.17, 15) is 5.11 Å². The van der Waals surface area contributed by atoms with Crippen molar-refractivity contribution >= 4 is 17.3 Å². The molecule has 1 fully saturated rings. The van der Waals surface area contributed by atoms with E-state index in [4.69, 9.17) is 11.6 Å². The highest BCUT2D eigenvalue weighted by molar-refractivity contribution is 6.18. The van der Waals surface area contributed by atoms with Gasteiger partial charge in [0, 0.05) is 5.69 Å². The van der Waals surface area contributed by atoms with Crippen LogP contribution in [0.4, 0.5) is 5.69 Å². The van der Waals surface area contributed by atoms with Crippen LogP contribution in [0, 0.1) is 0 Å². The van der Waals surface area contributed by atoms with Crippen molar-refractivity contribution in [3.8, 4) is 0 Å². The molecule has 100 valence electrons. The van der Waals surface area contributed by atoms with Crippen LogP contribution in [0.5, 0.6) is 0 Å². The third-order valence-corrected chi connectivity index (χ3v) is 4.02. The molecule has 0 saturated heterocycles. The molecule has 0 heterocycles. The van der Waals surface area contributed by atoms with Crippen LogP contribution < -0.4 is 5.32 Å². The Morgan fingerprint density at radius 3 is 2.50 bits per heavy atom. The van der Waals surface area contributed by atoms with Gasteiger partial charge in [0.25, 0.3) is 0 Å². The molecule has 2 rings (SSSR count). The molecule has 1 saturated carbocycles. The van der Waals surface area contributed by atoms with Gasteiger partial charge in [-0.15, -0.1) is 11.6 Å². The Bertz CT molecular complexity index is 361. The van der Waals surface area contributed by atoms with E-state index in [1.807, 2.05) is 12.1 Å². The van der Waals surface area contributed by atoms with Gasteiger partial charge in [0.15, 0.2) is 0 Å². The molecule has 1 aromatic carbocycles. The summed E-state index contributed by atoms with van der Waals surface area (Å²) in [7, 11) is 0. The number of hydrogen-bond donors (Lipinski definition) is 2. The molecule has 1 aliphatic carbocycles. The topological polar surface area (TPSA) is 32.3 Å². The summed E-state index contributed by atoms with van der Waals surface area (Å²) in [6.45, 7) is 0. The molecule has 2 nitrogen and oxygen atoms in total. The van der Waals surface area contributed by atoms with Crippen LogP contribution in [0.3, 0.4) is 0 Å². The number of nitrogens with one attached hydrogen (secondary N) is 1. The number of alkyl halides is 1. The van der Waals surface area contributed by atoms with E-state index in [0.717, 1.165) is 5.69 Å². The number of benzene rings is 1. The third-order valence-electron chi connectivity index (χ3n) is 3.72. The van der Waals surface area contributed by atoms with Crippen molar-refractivity contribution in [1.29, 1.82) is 0 Å². The van der Waals surface area contributed by atoms with E-state index >= 15 is 0 Å². The number of halogens is 1. The molecular weight excluding hydrogens is 246 g/mol. The van der Waals surface area contributed by atoms with E-state index in [1.54, 1.807) is 0 Å². The first kappa shape index (κ1) is 13.7. The maximum absolute atomic E-state index is 9.65. The van der Waals surface area contributed by atoms with E-state index in [-0.39, 0.29) is 5.88 Å². The number of aliphatic hydroxyl groups is 1. The highest BCUT2D eigenvalue weighted by Crippen LogP contribution is 2.35. The van der Waals surface area contributed by atoms with Crippen molar-refractivity contribution in [3.05, 3.63) is 29.8 Å². The van der Waals surface area contributed by atoms with Crippen molar-refractivity contribution < 1.29 is 5.11 Å². The number of anilines is 1. The minimum absolute atomic E-state index is 0.207. The SMILES string of the molecule is OC(CCl)Nc1ccccc1C1CCCCCC1. The first-order valence-electron chi connectivity index (χ1n) is 6.90. The summed E-state index contributed by atoms with van der Waals surface area (Å²) in [6, 6.07) is 8.30. The Hall–Kier alpha value is -0.730. The highest BCUT2D eigenvalue weighted by atomic mass is 35.5. The zero-order valence-corrected chi connectivity index (χ0v) is 11.5. The molecule has 1 atom stereocenters. The fourth-order valence-electron chi connectivity index (χ4n) is 2.79. The van der Waals surface area contributed by atoms with Crippen LogP contribution in [-0.4, -0.2) is 17.2 Å². The molecule has 1 unspecified atom stereocenters. The minimum Gasteiger partial charge on any atom is -0.373 e. The Kier molecular flexibility index (Phi) is 5.33. The van der Waals surface area contributed by atoms with Crippen LogP contribution in [0.15, 0.2) is 24.3 Å². The second-order valence-corrected chi connectivity index (χ2v) is 5.40. The lowest BCUT2D eigenvalue weighted by atomic mass is 9.90.